The summed E-state index contributed by atoms with van der Waals surface area (Å²) >= 11 is 3.25. The largest absolute Gasteiger partial charge is 0.478 e. The van der Waals surface area contributed by atoms with E-state index >= 15 is 0 Å². The Labute approximate surface area is 84.3 Å². The molecule has 0 saturated carbocycles. The number of carboxylic acids is 1. The second-order valence-corrected chi connectivity index (χ2v) is 3.58. The number of nitrogens with zero attached hydrogens (tertiary/aromatic N) is 2. The monoisotopic (exact) mass is 244 g/mol. The van der Waals surface area contributed by atoms with Crippen molar-refractivity contribution in [3.63, 3.8) is 0 Å². The summed E-state index contributed by atoms with van der Waals surface area (Å²) in [5.74, 6) is -0.261. The highest BCUT2D eigenvalue weighted by Crippen LogP contribution is 2.22. The molecule has 0 aliphatic heterocycles. The predicted octanol–water partition coefficient (Wildman–Crippen LogP) is 1.61. The van der Waals surface area contributed by atoms with E-state index in [4.69, 9.17) is 5.11 Å². The molecule has 0 aliphatic rings. The third kappa shape index (κ3) is 2.18. The van der Waals surface area contributed by atoms with Crippen LogP contribution in [0.5, 0.6) is 0 Å². The van der Waals surface area contributed by atoms with Gasteiger partial charge >= 0.3 is 5.97 Å². The van der Waals surface area contributed by atoms with Crippen molar-refractivity contribution in [2.75, 3.05) is 19.0 Å². The van der Waals surface area contributed by atoms with Crippen LogP contribution in [0.15, 0.2) is 16.7 Å². The molecule has 0 aromatic carbocycles. The lowest BCUT2D eigenvalue weighted by Crippen LogP contribution is -2.12. The molecule has 0 atom stereocenters. The first-order valence-corrected chi connectivity index (χ1v) is 4.38. The fraction of sp³-hybridized carbons (Fsp3) is 0.250. The molecule has 1 rings (SSSR count). The van der Waals surface area contributed by atoms with Crippen LogP contribution in [0.25, 0.3) is 0 Å². The topological polar surface area (TPSA) is 53.4 Å². The number of rotatable bonds is 2. The number of anilines is 1. The number of carboxylic acid groups (broad SMARTS) is 1. The number of aromatic carboxylic acids is 1. The number of aromatic nitrogens is 1. The SMILES string of the molecule is CN(C)c1ncc(C(=O)O)cc1Br. The summed E-state index contributed by atoms with van der Waals surface area (Å²) in [6.07, 6.45) is 1.34. The van der Waals surface area contributed by atoms with Crippen LogP contribution in [0, 0.1) is 0 Å². The lowest BCUT2D eigenvalue weighted by atomic mass is 10.3. The standard InChI is InChI=1S/C8H9BrN2O2/c1-11(2)7-6(9)3-5(4-10-7)8(12)13/h3-4H,1-2H3,(H,12,13). The van der Waals surface area contributed by atoms with Crippen molar-refractivity contribution < 1.29 is 9.90 Å². The van der Waals surface area contributed by atoms with Gasteiger partial charge in [-0.15, -0.1) is 0 Å². The Morgan fingerprint density at radius 2 is 2.23 bits per heavy atom. The molecule has 4 nitrogen and oxygen atoms in total. The maximum atomic E-state index is 10.6. The number of pyridine rings is 1. The average molecular weight is 245 g/mol. The Morgan fingerprint density at radius 1 is 1.62 bits per heavy atom. The molecule has 0 spiro atoms. The van der Waals surface area contributed by atoms with E-state index in [1.54, 1.807) is 4.90 Å². The Morgan fingerprint density at radius 3 is 2.62 bits per heavy atom. The number of carbonyl (C=O) groups is 1. The lowest BCUT2D eigenvalue weighted by Gasteiger charge is -2.12. The van der Waals surface area contributed by atoms with Gasteiger partial charge < -0.3 is 10.0 Å². The van der Waals surface area contributed by atoms with Crippen molar-refractivity contribution in [1.29, 1.82) is 0 Å². The highest BCUT2D eigenvalue weighted by atomic mass is 79.9. The van der Waals surface area contributed by atoms with Gasteiger partial charge in [0.2, 0.25) is 0 Å². The maximum Gasteiger partial charge on any atom is 0.337 e. The van der Waals surface area contributed by atoms with Crippen molar-refractivity contribution in [2.24, 2.45) is 0 Å². The third-order valence-corrected chi connectivity index (χ3v) is 2.08. The van der Waals surface area contributed by atoms with Crippen molar-refractivity contribution >= 4 is 27.7 Å². The van der Waals surface area contributed by atoms with Crippen LogP contribution in [0.4, 0.5) is 5.82 Å². The second-order valence-electron chi connectivity index (χ2n) is 2.73. The molecule has 0 radical (unpaired) electrons. The predicted molar refractivity (Wildman–Crippen MR) is 53.2 cm³/mol. The summed E-state index contributed by atoms with van der Waals surface area (Å²) in [7, 11) is 3.68. The first kappa shape index (κ1) is 9.98. The van der Waals surface area contributed by atoms with Crippen molar-refractivity contribution in [3.05, 3.63) is 22.3 Å². The summed E-state index contributed by atoms with van der Waals surface area (Å²) in [5.41, 5.74) is 0.178. The van der Waals surface area contributed by atoms with E-state index in [1.165, 1.54) is 12.3 Å². The van der Waals surface area contributed by atoms with Crippen LogP contribution in [0.1, 0.15) is 10.4 Å². The Bertz CT molecular complexity index is 339. The molecular formula is C8H9BrN2O2. The first-order chi connectivity index (χ1) is 6.02. The van der Waals surface area contributed by atoms with Gasteiger partial charge in [-0.25, -0.2) is 9.78 Å². The minimum atomic E-state index is -0.974. The first-order valence-electron chi connectivity index (χ1n) is 3.58. The molecule has 0 bridgehead atoms. The minimum Gasteiger partial charge on any atom is -0.478 e. The molecule has 13 heavy (non-hydrogen) atoms. The molecule has 1 aromatic heterocycles. The van der Waals surface area contributed by atoms with E-state index in [0.717, 1.165) is 0 Å². The summed E-state index contributed by atoms with van der Waals surface area (Å²) < 4.78 is 0.678. The van der Waals surface area contributed by atoms with Gasteiger partial charge in [0.05, 0.1) is 10.0 Å². The van der Waals surface area contributed by atoms with Gasteiger partial charge in [-0.3, -0.25) is 0 Å². The van der Waals surface area contributed by atoms with Gasteiger partial charge in [0.25, 0.3) is 0 Å². The van der Waals surface area contributed by atoms with Gasteiger partial charge in [-0.2, -0.15) is 0 Å². The van der Waals surface area contributed by atoms with Crippen LogP contribution >= 0.6 is 15.9 Å². The Kier molecular flexibility index (Phi) is 2.87. The van der Waals surface area contributed by atoms with Crippen LogP contribution in [0.3, 0.4) is 0 Å². The summed E-state index contributed by atoms with van der Waals surface area (Å²) in [5, 5.41) is 8.66. The zero-order chi connectivity index (χ0) is 10.0. The number of hydrogen-bond donors (Lipinski definition) is 1. The highest BCUT2D eigenvalue weighted by molar-refractivity contribution is 9.10. The molecule has 70 valence electrons. The van der Waals surface area contributed by atoms with Crippen LogP contribution < -0.4 is 4.90 Å². The summed E-state index contributed by atoms with van der Waals surface area (Å²) in [6, 6.07) is 1.53. The zero-order valence-electron chi connectivity index (χ0n) is 7.28. The zero-order valence-corrected chi connectivity index (χ0v) is 8.87. The lowest BCUT2D eigenvalue weighted by molar-refractivity contribution is 0.0696. The van der Waals surface area contributed by atoms with Crippen molar-refractivity contribution in [2.45, 2.75) is 0 Å². The average Bonchev–Trinajstić information content (AvgIpc) is 2.03. The van der Waals surface area contributed by atoms with E-state index in [2.05, 4.69) is 20.9 Å². The molecule has 0 fully saturated rings. The molecule has 1 heterocycles. The van der Waals surface area contributed by atoms with Gasteiger partial charge in [0, 0.05) is 20.3 Å². The quantitative estimate of drug-likeness (QED) is 0.859. The van der Waals surface area contributed by atoms with Crippen molar-refractivity contribution in [3.8, 4) is 0 Å². The molecular weight excluding hydrogens is 236 g/mol. The van der Waals surface area contributed by atoms with E-state index in [0.29, 0.717) is 10.3 Å². The van der Waals surface area contributed by atoms with E-state index in [1.807, 2.05) is 14.1 Å². The smallest absolute Gasteiger partial charge is 0.337 e. The maximum absolute atomic E-state index is 10.6. The second kappa shape index (κ2) is 3.74. The van der Waals surface area contributed by atoms with Gasteiger partial charge in [-0.05, 0) is 22.0 Å². The summed E-state index contributed by atoms with van der Waals surface area (Å²) in [6.45, 7) is 0. The van der Waals surface area contributed by atoms with Crippen LogP contribution in [-0.4, -0.2) is 30.2 Å². The minimum absolute atomic E-state index is 0.178. The van der Waals surface area contributed by atoms with Crippen molar-refractivity contribution in [1.82, 2.24) is 4.98 Å². The molecule has 1 aromatic rings. The van der Waals surface area contributed by atoms with E-state index in [-0.39, 0.29) is 5.56 Å². The molecule has 1 N–H and O–H groups in total. The molecule has 0 amide bonds. The van der Waals surface area contributed by atoms with E-state index in [9.17, 15) is 4.79 Å². The molecule has 5 heteroatoms. The number of hydrogen-bond acceptors (Lipinski definition) is 3. The summed E-state index contributed by atoms with van der Waals surface area (Å²) in [4.78, 5) is 16.4. The van der Waals surface area contributed by atoms with Crippen LogP contribution in [-0.2, 0) is 0 Å². The fourth-order valence-corrected chi connectivity index (χ4v) is 1.58. The highest BCUT2D eigenvalue weighted by Gasteiger charge is 2.08. The molecule has 0 unspecified atom stereocenters. The normalized spacial score (nSPS) is 9.77. The third-order valence-electron chi connectivity index (χ3n) is 1.49. The Balaban J connectivity index is 3.13. The molecule has 0 aliphatic carbocycles. The van der Waals surface area contributed by atoms with Gasteiger partial charge in [-0.1, -0.05) is 0 Å². The van der Waals surface area contributed by atoms with E-state index < -0.39 is 5.97 Å². The van der Waals surface area contributed by atoms with Gasteiger partial charge in [0.15, 0.2) is 0 Å². The van der Waals surface area contributed by atoms with Gasteiger partial charge in [0.1, 0.15) is 5.82 Å². The van der Waals surface area contributed by atoms with Crippen LogP contribution in [0.2, 0.25) is 0 Å². The molecule has 0 saturated heterocycles. The fourth-order valence-electron chi connectivity index (χ4n) is 0.877. The number of halogens is 1. The Hall–Kier alpha value is -1.10.